The van der Waals surface area contributed by atoms with Gasteiger partial charge in [0.05, 0.1) is 19.2 Å². The van der Waals surface area contributed by atoms with Crippen LogP contribution in [-0.4, -0.2) is 40.5 Å². The molecule has 0 aliphatic heterocycles. The zero-order valence-electron chi connectivity index (χ0n) is 11.6. The van der Waals surface area contributed by atoms with Gasteiger partial charge in [0, 0.05) is 18.7 Å². The Kier molecular flexibility index (Phi) is 5.46. The molecule has 20 heavy (non-hydrogen) atoms. The Labute approximate surface area is 123 Å². The Morgan fingerprint density at radius 2 is 2.20 bits per heavy atom. The minimum atomic E-state index is 0.0441. The molecule has 0 saturated heterocycles. The molecule has 0 saturated carbocycles. The van der Waals surface area contributed by atoms with Crippen LogP contribution in [0.15, 0.2) is 24.3 Å². The Balaban J connectivity index is 2.07. The van der Waals surface area contributed by atoms with Crippen molar-refractivity contribution in [1.29, 1.82) is 0 Å². The van der Waals surface area contributed by atoms with Gasteiger partial charge in [0.2, 0.25) is 0 Å². The molecule has 7 heteroatoms. The van der Waals surface area contributed by atoms with Crippen LogP contribution >= 0.6 is 11.6 Å². The average molecular weight is 296 g/mol. The number of hydrogen-bond acceptors (Lipinski definition) is 5. The predicted octanol–water partition coefficient (Wildman–Crippen LogP) is 1.67. The maximum absolute atomic E-state index is 6.16. The highest BCUT2D eigenvalue weighted by Crippen LogP contribution is 2.17. The van der Waals surface area contributed by atoms with Gasteiger partial charge in [-0.05, 0) is 29.0 Å². The highest BCUT2D eigenvalue weighted by atomic mass is 35.5. The Hall–Kier alpha value is -1.50. The molecule has 108 valence electrons. The normalized spacial score (nSPS) is 12.6. The van der Waals surface area contributed by atoms with Gasteiger partial charge in [0.1, 0.15) is 0 Å². The van der Waals surface area contributed by atoms with E-state index in [1.54, 1.807) is 11.8 Å². The summed E-state index contributed by atoms with van der Waals surface area (Å²) in [6.45, 7) is 3.97. The Morgan fingerprint density at radius 1 is 1.40 bits per heavy atom. The van der Waals surface area contributed by atoms with Crippen LogP contribution in [0.2, 0.25) is 5.02 Å². The molecule has 0 radical (unpaired) electrons. The number of nitrogens with zero attached hydrogens (tertiary/aromatic N) is 4. The molecule has 2 aromatic rings. The number of aromatic nitrogens is 4. The fourth-order valence-corrected chi connectivity index (χ4v) is 2.09. The largest absolute Gasteiger partial charge is 0.383 e. The molecule has 0 aliphatic rings. The van der Waals surface area contributed by atoms with E-state index in [1.165, 1.54) is 0 Å². The summed E-state index contributed by atoms with van der Waals surface area (Å²) in [6, 6.07) is 7.73. The van der Waals surface area contributed by atoms with Crippen LogP contribution in [0.5, 0.6) is 0 Å². The van der Waals surface area contributed by atoms with E-state index < -0.39 is 0 Å². The second kappa shape index (κ2) is 7.33. The molecule has 1 unspecified atom stereocenters. The maximum atomic E-state index is 6.16. The molecule has 2 rings (SSSR count). The molecular weight excluding hydrogens is 278 g/mol. The van der Waals surface area contributed by atoms with E-state index in [2.05, 4.69) is 20.8 Å². The van der Waals surface area contributed by atoms with Crippen LogP contribution in [0, 0.1) is 0 Å². The highest BCUT2D eigenvalue weighted by Gasteiger charge is 2.14. The number of rotatable bonds is 7. The first-order valence-electron chi connectivity index (χ1n) is 6.44. The number of halogens is 1. The van der Waals surface area contributed by atoms with Gasteiger partial charge in [0.25, 0.3) is 0 Å². The first kappa shape index (κ1) is 14.9. The average Bonchev–Trinajstić information content (AvgIpc) is 2.90. The smallest absolute Gasteiger partial charge is 0.168 e. The number of tetrazole rings is 1. The van der Waals surface area contributed by atoms with Crippen LogP contribution in [0.25, 0.3) is 0 Å². The molecule has 0 fully saturated rings. The van der Waals surface area contributed by atoms with E-state index in [0.29, 0.717) is 18.2 Å². The summed E-state index contributed by atoms with van der Waals surface area (Å²) in [7, 11) is 1.67. The van der Waals surface area contributed by atoms with Crippen molar-refractivity contribution in [2.24, 2.45) is 0 Å². The molecule has 0 spiro atoms. The first-order chi connectivity index (χ1) is 9.72. The highest BCUT2D eigenvalue weighted by molar-refractivity contribution is 6.31. The van der Waals surface area contributed by atoms with Gasteiger partial charge in [-0.3, -0.25) is 0 Å². The van der Waals surface area contributed by atoms with Crippen molar-refractivity contribution in [3.63, 3.8) is 0 Å². The fraction of sp³-hybridized carbons (Fsp3) is 0.462. The summed E-state index contributed by atoms with van der Waals surface area (Å²) in [5, 5.41) is 15.9. The minimum Gasteiger partial charge on any atom is -0.383 e. The number of ether oxygens (including phenoxy) is 1. The molecule has 1 heterocycles. The van der Waals surface area contributed by atoms with Crippen LogP contribution in [0.1, 0.15) is 24.4 Å². The van der Waals surface area contributed by atoms with E-state index in [-0.39, 0.29) is 6.04 Å². The number of methoxy groups -OCH3 is 1. The van der Waals surface area contributed by atoms with Crippen LogP contribution in [-0.2, 0) is 11.3 Å². The molecular formula is C13H18ClN5O. The van der Waals surface area contributed by atoms with Crippen LogP contribution < -0.4 is 5.32 Å². The van der Waals surface area contributed by atoms with Gasteiger partial charge in [-0.2, -0.15) is 0 Å². The second-order valence-corrected chi connectivity index (χ2v) is 4.86. The summed E-state index contributed by atoms with van der Waals surface area (Å²) in [5.74, 6) is 0.779. The number of hydrogen-bond donors (Lipinski definition) is 1. The molecule has 6 nitrogen and oxygen atoms in total. The topological polar surface area (TPSA) is 64.9 Å². The molecule has 0 amide bonds. The lowest BCUT2D eigenvalue weighted by atomic mass is 10.2. The van der Waals surface area contributed by atoms with Gasteiger partial charge in [-0.15, -0.1) is 5.10 Å². The summed E-state index contributed by atoms with van der Waals surface area (Å²) < 4.78 is 6.77. The second-order valence-electron chi connectivity index (χ2n) is 4.45. The molecule has 1 aromatic heterocycles. The van der Waals surface area contributed by atoms with Gasteiger partial charge < -0.3 is 10.1 Å². The first-order valence-corrected chi connectivity index (χ1v) is 6.82. The lowest BCUT2D eigenvalue weighted by Gasteiger charge is -2.13. The van der Waals surface area contributed by atoms with E-state index in [9.17, 15) is 0 Å². The van der Waals surface area contributed by atoms with Crippen molar-refractivity contribution >= 4 is 11.6 Å². The van der Waals surface area contributed by atoms with Crippen LogP contribution in [0.3, 0.4) is 0 Å². The summed E-state index contributed by atoms with van der Waals surface area (Å²) in [4.78, 5) is 0. The summed E-state index contributed by atoms with van der Waals surface area (Å²) in [5.41, 5.74) is 0.992. The number of benzene rings is 1. The van der Waals surface area contributed by atoms with Gasteiger partial charge in [-0.1, -0.05) is 29.8 Å². The van der Waals surface area contributed by atoms with Crippen molar-refractivity contribution in [2.75, 3.05) is 20.3 Å². The molecule has 1 atom stereocenters. The molecule has 0 bridgehead atoms. The Bertz CT molecular complexity index is 545. The van der Waals surface area contributed by atoms with Crippen molar-refractivity contribution in [2.45, 2.75) is 19.5 Å². The molecule has 1 aromatic carbocycles. The Morgan fingerprint density at radius 3 is 2.95 bits per heavy atom. The standard InChI is InChI=1S/C13H18ClN5O/c1-10(15-7-8-20-2)13-16-17-18-19(13)9-11-5-3-4-6-12(11)14/h3-6,10,15H,7-9H2,1-2H3. The predicted molar refractivity (Wildman–Crippen MR) is 76.7 cm³/mol. The fourth-order valence-electron chi connectivity index (χ4n) is 1.89. The van der Waals surface area contributed by atoms with Crippen molar-refractivity contribution in [3.05, 3.63) is 40.7 Å². The maximum Gasteiger partial charge on any atom is 0.168 e. The third kappa shape index (κ3) is 3.75. The summed E-state index contributed by atoms with van der Waals surface area (Å²) >= 11 is 6.16. The van der Waals surface area contributed by atoms with Crippen molar-refractivity contribution in [3.8, 4) is 0 Å². The summed E-state index contributed by atoms with van der Waals surface area (Å²) in [6.07, 6.45) is 0. The lowest BCUT2D eigenvalue weighted by Crippen LogP contribution is -2.26. The van der Waals surface area contributed by atoms with Crippen molar-refractivity contribution in [1.82, 2.24) is 25.5 Å². The third-order valence-electron chi connectivity index (χ3n) is 2.98. The number of nitrogens with one attached hydrogen (secondary N) is 1. The van der Waals surface area contributed by atoms with E-state index in [4.69, 9.17) is 16.3 Å². The van der Waals surface area contributed by atoms with Gasteiger partial charge in [0.15, 0.2) is 5.82 Å². The zero-order valence-corrected chi connectivity index (χ0v) is 12.3. The monoisotopic (exact) mass is 295 g/mol. The van der Waals surface area contributed by atoms with Gasteiger partial charge >= 0.3 is 0 Å². The zero-order chi connectivity index (χ0) is 14.4. The van der Waals surface area contributed by atoms with Crippen molar-refractivity contribution < 1.29 is 4.74 Å². The van der Waals surface area contributed by atoms with E-state index in [1.807, 2.05) is 31.2 Å². The molecule has 0 aliphatic carbocycles. The lowest BCUT2D eigenvalue weighted by molar-refractivity contribution is 0.196. The van der Waals surface area contributed by atoms with E-state index in [0.717, 1.165) is 17.9 Å². The minimum absolute atomic E-state index is 0.0441. The van der Waals surface area contributed by atoms with Gasteiger partial charge in [-0.25, -0.2) is 4.68 Å². The SMILES string of the molecule is COCCNC(C)c1nnnn1Cc1ccccc1Cl. The quantitative estimate of drug-likeness (QED) is 0.787. The van der Waals surface area contributed by atoms with E-state index >= 15 is 0 Å². The third-order valence-corrected chi connectivity index (χ3v) is 3.35. The van der Waals surface area contributed by atoms with Crippen LogP contribution in [0.4, 0.5) is 0 Å². The molecule has 1 N–H and O–H groups in total.